The molecule has 1 aromatic carbocycles. The number of aryl methyl sites for hydroxylation is 1. The molecule has 0 fully saturated rings. The van der Waals surface area contributed by atoms with Gasteiger partial charge in [0, 0.05) is 17.1 Å². The highest BCUT2D eigenvalue weighted by Gasteiger charge is 2.06. The number of halogens is 1. The van der Waals surface area contributed by atoms with E-state index in [1.807, 2.05) is 6.92 Å². The summed E-state index contributed by atoms with van der Waals surface area (Å²) in [5, 5.41) is 3.65. The summed E-state index contributed by atoms with van der Waals surface area (Å²) in [6.07, 6.45) is 1.72. The van der Waals surface area contributed by atoms with Gasteiger partial charge in [0.05, 0.1) is 6.54 Å². The average Bonchev–Trinajstić information content (AvgIpc) is 2.22. The summed E-state index contributed by atoms with van der Waals surface area (Å²) in [4.78, 5) is 11.6. The van der Waals surface area contributed by atoms with Gasteiger partial charge in [0.1, 0.15) is 0 Å². The molecule has 0 bridgehead atoms. The second kappa shape index (κ2) is 5.69. The maximum absolute atomic E-state index is 11.6. The molecule has 0 atom stereocenters. The number of nitrogens with one attached hydrogen (secondary N) is 1. The van der Waals surface area contributed by atoms with Gasteiger partial charge in [-0.05, 0) is 30.7 Å². The first kappa shape index (κ1) is 12.0. The largest absolute Gasteiger partial charge is 0.306 e. The quantitative estimate of drug-likeness (QED) is 0.472. The standard InChI is InChI=1S/C12H14ClNO/c1-3-6-14-8-12(15)10-4-5-11(13)9(2)7-10/h3-5,7,14H,1,6,8H2,2H3. The van der Waals surface area contributed by atoms with Crippen molar-refractivity contribution in [3.8, 4) is 0 Å². The van der Waals surface area contributed by atoms with E-state index in [1.54, 1.807) is 24.3 Å². The Morgan fingerprint density at radius 1 is 1.60 bits per heavy atom. The summed E-state index contributed by atoms with van der Waals surface area (Å²) in [5.74, 6) is 0.0663. The minimum absolute atomic E-state index is 0.0663. The van der Waals surface area contributed by atoms with E-state index in [2.05, 4.69) is 11.9 Å². The van der Waals surface area contributed by atoms with Gasteiger partial charge in [0.15, 0.2) is 5.78 Å². The van der Waals surface area contributed by atoms with Gasteiger partial charge in [-0.2, -0.15) is 0 Å². The fourth-order valence-electron chi connectivity index (χ4n) is 1.21. The molecule has 0 unspecified atom stereocenters. The molecule has 0 saturated heterocycles. The van der Waals surface area contributed by atoms with Crippen LogP contribution < -0.4 is 5.32 Å². The van der Waals surface area contributed by atoms with E-state index in [1.165, 1.54) is 0 Å². The Labute approximate surface area is 94.9 Å². The lowest BCUT2D eigenvalue weighted by Gasteiger charge is -2.04. The molecule has 3 heteroatoms. The number of Topliss-reactive ketones (excluding diaryl/α,β-unsaturated/α-hetero) is 1. The van der Waals surface area contributed by atoms with E-state index in [-0.39, 0.29) is 5.78 Å². The highest BCUT2D eigenvalue weighted by Crippen LogP contribution is 2.16. The molecule has 80 valence electrons. The van der Waals surface area contributed by atoms with Crippen LogP contribution in [-0.4, -0.2) is 18.9 Å². The lowest BCUT2D eigenvalue weighted by Crippen LogP contribution is -2.22. The Balaban J connectivity index is 2.65. The predicted octanol–water partition coefficient (Wildman–Crippen LogP) is 2.61. The van der Waals surface area contributed by atoms with E-state index in [0.717, 1.165) is 5.56 Å². The molecule has 0 aromatic heterocycles. The van der Waals surface area contributed by atoms with Crippen LogP contribution in [0.25, 0.3) is 0 Å². The van der Waals surface area contributed by atoms with Crippen LogP contribution in [0.15, 0.2) is 30.9 Å². The molecule has 1 rings (SSSR count). The second-order valence-corrected chi connectivity index (χ2v) is 3.71. The molecule has 1 aromatic rings. The molecular weight excluding hydrogens is 210 g/mol. The maximum atomic E-state index is 11.6. The van der Waals surface area contributed by atoms with E-state index in [4.69, 9.17) is 11.6 Å². The number of ketones is 1. The predicted molar refractivity (Wildman–Crippen MR) is 63.6 cm³/mol. The Kier molecular flexibility index (Phi) is 4.53. The average molecular weight is 224 g/mol. The highest BCUT2D eigenvalue weighted by molar-refractivity contribution is 6.31. The Hall–Kier alpha value is -1.12. The SMILES string of the molecule is C=CCNCC(=O)c1ccc(Cl)c(C)c1. The van der Waals surface area contributed by atoms with Gasteiger partial charge in [0.2, 0.25) is 0 Å². The van der Waals surface area contributed by atoms with Crippen molar-refractivity contribution >= 4 is 17.4 Å². The summed E-state index contributed by atoms with van der Waals surface area (Å²) >= 11 is 5.87. The Morgan fingerprint density at radius 2 is 2.33 bits per heavy atom. The van der Waals surface area contributed by atoms with Gasteiger partial charge < -0.3 is 5.32 Å². The first-order valence-electron chi connectivity index (χ1n) is 4.76. The van der Waals surface area contributed by atoms with Crippen LogP contribution in [0, 0.1) is 6.92 Å². The first-order valence-corrected chi connectivity index (χ1v) is 5.14. The van der Waals surface area contributed by atoms with Crippen molar-refractivity contribution in [1.29, 1.82) is 0 Å². The van der Waals surface area contributed by atoms with Crippen LogP contribution >= 0.6 is 11.6 Å². The third kappa shape index (κ3) is 3.50. The van der Waals surface area contributed by atoms with Crippen LogP contribution in [0.2, 0.25) is 5.02 Å². The monoisotopic (exact) mass is 223 g/mol. The number of hydrogen-bond donors (Lipinski definition) is 1. The molecule has 0 aliphatic heterocycles. The summed E-state index contributed by atoms with van der Waals surface area (Å²) < 4.78 is 0. The zero-order valence-electron chi connectivity index (χ0n) is 8.72. The van der Waals surface area contributed by atoms with Crippen LogP contribution in [0.3, 0.4) is 0 Å². The van der Waals surface area contributed by atoms with E-state index >= 15 is 0 Å². The molecule has 0 amide bonds. The number of rotatable bonds is 5. The van der Waals surface area contributed by atoms with Crippen LogP contribution in [0.4, 0.5) is 0 Å². The highest BCUT2D eigenvalue weighted by atomic mass is 35.5. The van der Waals surface area contributed by atoms with Gasteiger partial charge in [-0.15, -0.1) is 6.58 Å². The van der Waals surface area contributed by atoms with Gasteiger partial charge in [-0.25, -0.2) is 0 Å². The van der Waals surface area contributed by atoms with Crippen molar-refractivity contribution < 1.29 is 4.79 Å². The second-order valence-electron chi connectivity index (χ2n) is 3.31. The number of carbonyl (C=O) groups excluding carboxylic acids is 1. The Bertz CT molecular complexity index is 374. The minimum Gasteiger partial charge on any atom is -0.306 e. The normalized spacial score (nSPS) is 10.0. The van der Waals surface area contributed by atoms with Crippen molar-refractivity contribution in [3.05, 3.63) is 47.0 Å². The third-order valence-electron chi connectivity index (χ3n) is 2.05. The van der Waals surface area contributed by atoms with E-state index in [9.17, 15) is 4.79 Å². The summed E-state index contributed by atoms with van der Waals surface area (Å²) in [5.41, 5.74) is 1.61. The van der Waals surface area contributed by atoms with Crippen molar-refractivity contribution in [2.24, 2.45) is 0 Å². The first-order chi connectivity index (χ1) is 7.15. The molecule has 0 aliphatic rings. The molecule has 1 N–H and O–H groups in total. The summed E-state index contributed by atoms with van der Waals surface area (Å²) in [6.45, 7) is 6.41. The van der Waals surface area contributed by atoms with Crippen molar-refractivity contribution in [1.82, 2.24) is 5.32 Å². The zero-order chi connectivity index (χ0) is 11.3. The lowest BCUT2D eigenvalue weighted by molar-refractivity contribution is 0.0992. The molecule has 0 radical (unpaired) electrons. The minimum atomic E-state index is 0.0663. The molecule has 0 heterocycles. The van der Waals surface area contributed by atoms with Gasteiger partial charge in [0.25, 0.3) is 0 Å². The van der Waals surface area contributed by atoms with Crippen molar-refractivity contribution in [2.45, 2.75) is 6.92 Å². The van der Waals surface area contributed by atoms with Crippen LogP contribution in [0.5, 0.6) is 0 Å². The number of benzene rings is 1. The topological polar surface area (TPSA) is 29.1 Å². The fraction of sp³-hybridized carbons (Fsp3) is 0.250. The fourth-order valence-corrected chi connectivity index (χ4v) is 1.33. The van der Waals surface area contributed by atoms with Crippen molar-refractivity contribution in [2.75, 3.05) is 13.1 Å². The number of carbonyl (C=O) groups is 1. The summed E-state index contributed by atoms with van der Waals surface area (Å²) in [6, 6.07) is 5.30. The van der Waals surface area contributed by atoms with Crippen LogP contribution in [0.1, 0.15) is 15.9 Å². The summed E-state index contributed by atoms with van der Waals surface area (Å²) in [7, 11) is 0. The lowest BCUT2D eigenvalue weighted by atomic mass is 10.1. The smallest absolute Gasteiger partial charge is 0.176 e. The molecular formula is C12H14ClNO. The molecule has 0 spiro atoms. The van der Waals surface area contributed by atoms with Gasteiger partial charge in [-0.1, -0.05) is 17.7 Å². The molecule has 15 heavy (non-hydrogen) atoms. The maximum Gasteiger partial charge on any atom is 0.176 e. The third-order valence-corrected chi connectivity index (χ3v) is 2.48. The van der Waals surface area contributed by atoms with E-state index in [0.29, 0.717) is 23.7 Å². The van der Waals surface area contributed by atoms with Gasteiger partial charge >= 0.3 is 0 Å². The molecule has 2 nitrogen and oxygen atoms in total. The van der Waals surface area contributed by atoms with Crippen molar-refractivity contribution in [3.63, 3.8) is 0 Å². The molecule has 0 aliphatic carbocycles. The van der Waals surface area contributed by atoms with Crippen LogP contribution in [-0.2, 0) is 0 Å². The Morgan fingerprint density at radius 3 is 2.93 bits per heavy atom. The van der Waals surface area contributed by atoms with E-state index < -0.39 is 0 Å². The molecule has 0 saturated carbocycles. The number of hydrogen-bond acceptors (Lipinski definition) is 2. The zero-order valence-corrected chi connectivity index (χ0v) is 9.47. The van der Waals surface area contributed by atoms with Gasteiger partial charge in [-0.3, -0.25) is 4.79 Å².